The first-order chi connectivity index (χ1) is 5.34. The summed E-state index contributed by atoms with van der Waals surface area (Å²) in [5.74, 6) is 0. The monoisotopic (exact) mass is 169 g/mol. The second kappa shape index (κ2) is 2.73. The Labute approximate surface area is 76.9 Å². The second-order valence-electron chi connectivity index (χ2n) is 5.35. The summed E-state index contributed by atoms with van der Waals surface area (Å²) < 4.78 is 0. The Bertz CT molecular complexity index is 156. The quantitative estimate of drug-likeness (QED) is 0.685. The van der Waals surface area contributed by atoms with Crippen LogP contribution in [-0.4, -0.2) is 12.1 Å². The van der Waals surface area contributed by atoms with Crippen molar-refractivity contribution in [3.8, 4) is 0 Å². The average Bonchev–Trinajstić information content (AvgIpc) is 2.32. The van der Waals surface area contributed by atoms with Crippen LogP contribution in [0.15, 0.2) is 0 Å². The number of rotatable bonds is 3. The molecule has 0 aromatic heterocycles. The largest absolute Gasteiger partial charge is 0.310 e. The van der Waals surface area contributed by atoms with Gasteiger partial charge in [0.25, 0.3) is 0 Å². The van der Waals surface area contributed by atoms with Gasteiger partial charge >= 0.3 is 0 Å². The molecule has 0 saturated heterocycles. The highest BCUT2D eigenvalue weighted by atomic mass is 15.1. The van der Waals surface area contributed by atoms with E-state index in [-0.39, 0.29) is 0 Å². The van der Waals surface area contributed by atoms with Crippen molar-refractivity contribution in [1.82, 2.24) is 5.32 Å². The first-order valence-corrected chi connectivity index (χ1v) is 5.10. The van der Waals surface area contributed by atoms with E-state index in [2.05, 4.69) is 46.9 Å². The molecule has 0 bridgehead atoms. The van der Waals surface area contributed by atoms with Crippen LogP contribution in [0.5, 0.6) is 0 Å². The normalized spacial score (nSPS) is 28.5. The average molecular weight is 169 g/mol. The lowest BCUT2D eigenvalue weighted by molar-refractivity contribution is 0.457. The molecule has 1 N–H and O–H groups in total. The van der Waals surface area contributed by atoms with Gasteiger partial charge in [0.1, 0.15) is 0 Å². The molecule has 1 rings (SSSR count). The zero-order valence-corrected chi connectivity index (χ0v) is 9.36. The van der Waals surface area contributed by atoms with E-state index in [1.54, 1.807) is 0 Å². The fourth-order valence-corrected chi connectivity index (χ4v) is 2.02. The molecule has 0 spiro atoms. The summed E-state index contributed by atoms with van der Waals surface area (Å²) in [5, 5.41) is 3.68. The summed E-state index contributed by atoms with van der Waals surface area (Å²) in [4.78, 5) is 0. The molecule has 1 nitrogen and oxygen atoms in total. The maximum absolute atomic E-state index is 3.68. The second-order valence-corrected chi connectivity index (χ2v) is 5.35. The van der Waals surface area contributed by atoms with Crippen molar-refractivity contribution in [2.24, 2.45) is 10.8 Å². The fourth-order valence-electron chi connectivity index (χ4n) is 2.02. The van der Waals surface area contributed by atoms with Crippen LogP contribution < -0.4 is 5.32 Å². The highest BCUT2D eigenvalue weighted by Gasteiger charge is 2.64. The van der Waals surface area contributed by atoms with Gasteiger partial charge in [-0.15, -0.1) is 0 Å². The van der Waals surface area contributed by atoms with Crippen LogP contribution in [0.25, 0.3) is 0 Å². The Morgan fingerprint density at radius 1 is 1.17 bits per heavy atom. The standard InChI is InChI=1S/C11H23N/c1-7-8(2)12-9-10(3,4)11(9,5)6/h8-9,12H,7H2,1-6H3. The van der Waals surface area contributed by atoms with E-state index >= 15 is 0 Å². The van der Waals surface area contributed by atoms with Crippen LogP contribution >= 0.6 is 0 Å². The number of hydrogen-bond acceptors (Lipinski definition) is 1. The predicted molar refractivity (Wildman–Crippen MR) is 54.2 cm³/mol. The topological polar surface area (TPSA) is 12.0 Å². The van der Waals surface area contributed by atoms with Gasteiger partial charge in [0, 0.05) is 12.1 Å². The summed E-state index contributed by atoms with van der Waals surface area (Å²) in [7, 11) is 0. The minimum absolute atomic E-state index is 0.483. The SMILES string of the molecule is CCC(C)NC1C(C)(C)C1(C)C. The highest BCUT2D eigenvalue weighted by molar-refractivity contribution is 5.18. The minimum Gasteiger partial charge on any atom is -0.310 e. The van der Waals surface area contributed by atoms with E-state index in [1.165, 1.54) is 6.42 Å². The van der Waals surface area contributed by atoms with E-state index in [9.17, 15) is 0 Å². The van der Waals surface area contributed by atoms with Crippen molar-refractivity contribution < 1.29 is 0 Å². The lowest BCUT2D eigenvalue weighted by Gasteiger charge is -2.12. The maximum Gasteiger partial charge on any atom is 0.0183 e. The van der Waals surface area contributed by atoms with Gasteiger partial charge in [-0.05, 0) is 24.2 Å². The summed E-state index contributed by atoms with van der Waals surface area (Å²) >= 11 is 0. The number of nitrogens with one attached hydrogen (secondary N) is 1. The Morgan fingerprint density at radius 3 is 1.83 bits per heavy atom. The molecule has 1 unspecified atom stereocenters. The predicted octanol–water partition coefficient (Wildman–Crippen LogP) is 2.81. The third-order valence-corrected chi connectivity index (χ3v) is 4.08. The van der Waals surface area contributed by atoms with E-state index in [4.69, 9.17) is 0 Å². The highest BCUT2D eigenvalue weighted by Crippen LogP contribution is 2.62. The summed E-state index contributed by atoms with van der Waals surface area (Å²) in [6.45, 7) is 13.9. The molecule has 1 heteroatoms. The van der Waals surface area contributed by atoms with Crippen LogP contribution in [0.2, 0.25) is 0 Å². The van der Waals surface area contributed by atoms with Gasteiger partial charge in [0.2, 0.25) is 0 Å². The van der Waals surface area contributed by atoms with Gasteiger partial charge in [-0.2, -0.15) is 0 Å². The molecule has 0 heterocycles. The molecule has 0 amide bonds. The third-order valence-electron chi connectivity index (χ3n) is 4.08. The molecule has 1 atom stereocenters. The van der Waals surface area contributed by atoms with Crippen molar-refractivity contribution in [2.75, 3.05) is 0 Å². The minimum atomic E-state index is 0.483. The van der Waals surface area contributed by atoms with Gasteiger partial charge in [0.05, 0.1) is 0 Å². The smallest absolute Gasteiger partial charge is 0.0183 e. The summed E-state index contributed by atoms with van der Waals surface area (Å²) in [6.07, 6.45) is 1.22. The molecule has 0 aliphatic heterocycles. The summed E-state index contributed by atoms with van der Waals surface area (Å²) in [6, 6.07) is 1.37. The Kier molecular flexibility index (Phi) is 2.28. The maximum atomic E-state index is 3.68. The Morgan fingerprint density at radius 2 is 1.58 bits per heavy atom. The summed E-state index contributed by atoms with van der Waals surface area (Å²) in [5.41, 5.74) is 0.965. The van der Waals surface area contributed by atoms with Gasteiger partial charge in [-0.25, -0.2) is 0 Å². The molecular weight excluding hydrogens is 146 g/mol. The van der Waals surface area contributed by atoms with Crippen molar-refractivity contribution >= 4 is 0 Å². The number of hydrogen-bond donors (Lipinski definition) is 1. The Hall–Kier alpha value is -0.0400. The zero-order valence-electron chi connectivity index (χ0n) is 9.36. The molecule has 72 valence electrons. The fraction of sp³-hybridized carbons (Fsp3) is 1.00. The van der Waals surface area contributed by atoms with E-state index in [0.717, 1.165) is 0 Å². The van der Waals surface area contributed by atoms with E-state index in [1.807, 2.05) is 0 Å². The zero-order chi connectivity index (χ0) is 9.57. The van der Waals surface area contributed by atoms with Gasteiger partial charge in [-0.1, -0.05) is 34.6 Å². The van der Waals surface area contributed by atoms with Crippen molar-refractivity contribution in [2.45, 2.75) is 60.0 Å². The van der Waals surface area contributed by atoms with E-state index < -0.39 is 0 Å². The molecule has 1 aliphatic carbocycles. The molecular formula is C11H23N. The van der Waals surface area contributed by atoms with Crippen LogP contribution in [0.3, 0.4) is 0 Å². The lowest BCUT2D eigenvalue weighted by Crippen LogP contribution is -2.31. The first kappa shape index (κ1) is 10.0. The van der Waals surface area contributed by atoms with Crippen molar-refractivity contribution in [3.05, 3.63) is 0 Å². The molecule has 12 heavy (non-hydrogen) atoms. The van der Waals surface area contributed by atoms with Crippen LogP contribution in [0, 0.1) is 10.8 Å². The Balaban J connectivity index is 2.48. The van der Waals surface area contributed by atoms with Crippen LogP contribution in [-0.2, 0) is 0 Å². The van der Waals surface area contributed by atoms with E-state index in [0.29, 0.717) is 22.9 Å². The first-order valence-electron chi connectivity index (χ1n) is 5.10. The molecule has 1 saturated carbocycles. The lowest BCUT2D eigenvalue weighted by atomic mass is 10.0. The van der Waals surface area contributed by atoms with Crippen LogP contribution in [0.4, 0.5) is 0 Å². The molecule has 1 aliphatic rings. The van der Waals surface area contributed by atoms with Crippen molar-refractivity contribution in [3.63, 3.8) is 0 Å². The van der Waals surface area contributed by atoms with Crippen molar-refractivity contribution in [1.29, 1.82) is 0 Å². The van der Waals surface area contributed by atoms with Gasteiger partial charge < -0.3 is 5.32 Å². The molecule has 0 aromatic rings. The molecule has 1 fully saturated rings. The molecule has 0 aromatic carbocycles. The van der Waals surface area contributed by atoms with Crippen LogP contribution in [0.1, 0.15) is 48.0 Å². The third kappa shape index (κ3) is 1.28. The molecule has 0 radical (unpaired) electrons. The van der Waals surface area contributed by atoms with Gasteiger partial charge in [-0.3, -0.25) is 0 Å². The van der Waals surface area contributed by atoms with Gasteiger partial charge in [0.15, 0.2) is 0 Å².